The van der Waals surface area contributed by atoms with Gasteiger partial charge in [0.15, 0.2) is 0 Å². The number of rotatable bonds is 4. The number of amides is 1. The minimum absolute atomic E-state index is 0.0367. The number of carbonyl (C=O) groups is 1. The van der Waals surface area contributed by atoms with Crippen molar-refractivity contribution in [1.29, 1.82) is 0 Å². The number of hydrogen-bond acceptors (Lipinski definition) is 6. The molecule has 1 aliphatic heterocycles. The van der Waals surface area contributed by atoms with Gasteiger partial charge in [-0.1, -0.05) is 5.16 Å². The van der Waals surface area contributed by atoms with Gasteiger partial charge in [-0.15, -0.1) is 0 Å². The molecular formula is C15H18N4O3. The molecule has 3 heterocycles. The number of ether oxygens (including phenoxy) is 1. The second kappa shape index (κ2) is 6.13. The fraction of sp³-hybridized carbons (Fsp3) is 0.467. The van der Waals surface area contributed by atoms with Crippen molar-refractivity contribution < 1.29 is 14.1 Å². The molecule has 116 valence electrons. The minimum atomic E-state index is -0.0367. The molecule has 2 aromatic rings. The molecule has 1 fully saturated rings. The van der Waals surface area contributed by atoms with E-state index in [-0.39, 0.29) is 12.0 Å². The molecule has 1 saturated heterocycles. The Morgan fingerprint density at radius 2 is 2.32 bits per heavy atom. The van der Waals surface area contributed by atoms with E-state index in [1.807, 2.05) is 18.7 Å². The zero-order valence-corrected chi connectivity index (χ0v) is 12.7. The summed E-state index contributed by atoms with van der Waals surface area (Å²) in [5, 5.41) is 3.88. The van der Waals surface area contributed by atoms with Crippen LogP contribution in [0.1, 0.15) is 23.4 Å². The van der Waals surface area contributed by atoms with Gasteiger partial charge in [-0.2, -0.15) is 0 Å². The summed E-state index contributed by atoms with van der Waals surface area (Å²) in [6, 6.07) is 0. The first kappa shape index (κ1) is 14.5. The molecule has 0 spiro atoms. The Bertz CT molecular complexity index is 637. The van der Waals surface area contributed by atoms with E-state index < -0.39 is 0 Å². The monoisotopic (exact) mass is 302 g/mol. The summed E-state index contributed by atoms with van der Waals surface area (Å²) in [4.78, 5) is 22.3. The normalized spacial score (nSPS) is 17.7. The van der Waals surface area contributed by atoms with Crippen LogP contribution in [0.5, 0.6) is 5.88 Å². The molecular weight excluding hydrogens is 284 g/mol. The van der Waals surface area contributed by atoms with Gasteiger partial charge in [0.05, 0.1) is 24.9 Å². The third-order valence-corrected chi connectivity index (χ3v) is 3.83. The highest BCUT2D eigenvalue weighted by atomic mass is 16.5. The lowest BCUT2D eigenvalue weighted by molar-refractivity contribution is -0.129. The van der Waals surface area contributed by atoms with Gasteiger partial charge in [0.1, 0.15) is 11.9 Å². The number of hydrogen-bond donors (Lipinski definition) is 0. The topological polar surface area (TPSA) is 81.4 Å². The second-order valence-corrected chi connectivity index (χ2v) is 5.39. The standard InChI is InChI=1S/C15H18N4O3/c1-10-13(11(2)22-18-10)7-15(20)19-6-3-12(9-19)21-14-8-16-4-5-17-14/h4-5,8,12H,3,6-7,9H2,1-2H3/t12-/m0/s1. The molecule has 1 amide bonds. The molecule has 1 aliphatic rings. The maximum absolute atomic E-state index is 12.4. The van der Waals surface area contributed by atoms with Gasteiger partial charge in [-0.25, -0.2) is 4.98 Å². The lowest BCUT2D eigenvalue weighted by Crippen LogP contribution is -2.32. The Hall–Kier alpha value is -2.44. The van der Waals surface area contributed by atoms with Crippen molar-refractivity contribution in [3.63, 3.8) is 0 Å². The number of aromatic nitrogens is 3. The molecule has 22 heavy (non-hydrogen) atoms. The van der Waals surface area contributed by atoms with Gasteiger partial charge in [0, 0.05) is 30.9 Å². The lowest BCUT2D eigenvalue weighted by atomic mass is 10.1. The van der Waals surface area contributed by atoms with Crippen molar-refractivity contribution in [2.45, 2.75) is 32.8 Å². The van der Waals surface area contributed by atoms with Crippen LogP contribution in [0.2, 0.25) is 0 Å². The molecule has 2 aromatic heterocycles. The first-order valence-electron chi connectivity index (χ1n) is 7.25. The van der Waals surface area contributed by atoms with Crippen molar-refractivity contribution in [3.8, 4) is 5.88 Å². The number of likely N-dealkylation sites (tertiary alicyclic amines) is 1. The van der Waals surface area contributed by atoms with E-state index in [4.69, 9.17) is 9.26 Å². The number of nitrogens with zero attached hydrogens (tertiary/aromatic N) is 4. The van der Waals surface area contributed by atoms with Crippen LogP contribution < -0.4 is 4.74 Å². The van der Waals surface area contributed by atoms with Crippen molar-refractivity contribution in [2.75, 3.05) is 13.1 Å². The average Bonchev–Trinajstić information content (AvgIpc) is 3.10. The third-order valence-electron chi connectivity index (χ3n) is 3.83. The first-order chi connectivity index (χ1) is 10.6. The van der Waals surface area contributed by atoms with Gasteiger partial charge >= 0.3 is 0 Å². The van der Waals surface area contributed by atoms with E-state index in [1.54, 1.807) is 18.6 Å². The summed E-state index contributed by atoms with van der Waals surface area (Å²) >= 11 is 0. The molecule has 0 N–H and O–H groups in total. The Morgan fingerprint density at radius 3 is 3.00 bits per heavy atom. The SMILES string of the molecule is Cc1noc(C)c1CC(=O)N1CC[C@H](Oc2cnccn2)C1. The van der Waals surface area contributed by atoms with Crippen LogP contribution in [0.25, 0.3) is 0 Å². The van der Waals surface area contributed by atoms with E-state index in [0.717, 1.165) is 17.7 Å². The summed E-state index contributed by atoms with van der Waals surface area (Å²) in [6.45, 7) is 4.93. The van der Waals surface area contributed by atoms with Gasteiger partial charge in [0.25, 0.3) is 0 Å². The first-order valence-corrected chi connectivity index (χ1v) is 7.25. The Labute approximate surface area is 128 Å². The van der Waals surface area contributed by atoms with E-state index in [2.05, 4.69) is 15.1 Å². The summed E-state index contributed by atoms with van der Waals surface area (Å²) in [6.07, 6.45) is 5.84. The highest BCUT2D eigenvalue weighted by Gasteiger charge is 2.28. The Kier molecular flexibility index (Phi) is 4.04. The minimum Gasteiger partial charge on any atom is -0.471 e. The predicted molar refractivity (Wildman–Crippen MR) is 77.3 cm³/mol. The van der Waals surface area contributed by atoms with E-state index in [0.29, 0.717) is 31.2 Å². The van der Waals surface area contributed by atoms with Crippen LogP contribution in [0.15, 0.2) is 23.1 Å². The zero-order valence-electron chi connectivity index (χ0n) is 12.7. The van der Waals surface area contributed by atoms with Crippen LogP contribution in [-0.2, 0) is 11.2 Å². The molecule has 0 aromatic carbocycles. The molecule has 0 saturated carbocycles. The largest absolute Gasteiger partial charge is 0.471 e. The Morgan fingerprint density at radius 1 is 1.45 bits per heavy atom. The second-order valence-electron chi connectivity index (χ2n) is 5.39. The van der Waals surface area contributed by atoms with Crippen LogP contribution >= 0.6 is 0 Å². The Balaban J connectivity index is 1.57. The molecule has 7 heteroatoms. The maximum atomic E-state index is 12.4. The summed E-state index contributed by atoms with van der Waals surface area (Å²) < 4.78 is 10.8. The molecule has 0 aliphatic carbocycles. The maximum Gasteiger partial charge on any atom is 0.232 e. The van der Waals surface area contributed by atoms with E-state index >= 15 is 0 Å². The summed E-state index contributed by atoms with van der Waals surface area (Å²) in [5.41, 5.74) is 1.65. The fourth-order valence-corrected chi connectivity index (χ4v) is 2.59. The highest BCUT2D eigenvalue weighted by molar-refractivity contribution is 5.79. The van der Waals surface area contributed by atoms with Crippen molar-refractivity contribution in [1.82, 2.24) is 20.0 Å². The van der Waals surface area contributed by atoms with Crippen LogP contribution in [-0.4, -0.2) is 45.1 Å². The van der Waals surface area contributed by atoms with Crippen molar-refractivity contribution in [2.24, 2.45) is 0 Å². The van der Waals surface area contributed by atoms with Crippen LogP contribution in [0.3, 0.4) is 0 Å². The number of carbonyl (C=O) groups excluding carboxylic acids is 1. The van der Waals surface area contributed by atoms with Crippen LogP contribution in [0.4, 0.5) is 0 Å². The zero-order chi connectivity index (χ0) is 15.5. The van der Waals surface area contributed by atoms with E-state index in [9.17, 15) is 4.79 Å². The number of aryl methyl sites for hydroxylation is 2. The van der Waals surface area contributed by atoms with Gasteiger partial charge in [0.2, 0.25) is 11.8 Å². The molecule has 0 radical (unpaired) electrons. The summed E-state index contributed by atoms with van der Waals surface area (Å²) in [7, 11) is 0. The van der Waals surface area contributed by atoms with Gasteiger partial charge in [-0.3, -0.25) is 9.78 Å². The lowest BCUT2D eigenvalue weighted by Gasteiger charge is -2.16. The van der Waals surface area contributed by atoms with Crippen LogP contribution in [0, 0.1) is 13.8 Å². The molecule has 3 rings (SSSR count). The van der Waals surface area contributed by atoms with Gasteiger partial charge in [-0.05, 0) is 13.8 Å². The molecule has 0 unspecified atom stereocenters. The van der Waals surface area contributed by atoms with Gasteiger partial charge < -0.3 is 14.2 Å². The third kappa shape index (κ3) is 3.08. The quantitative estimate of drug-likeness (QED) is 0.847. The highest BCUT2D eigenvalue weighted by Crippen LogP contribution is 2.19. The molecule has 7 nitrogen and oxygen atoms in total. The van der Waals surface area contributed by atoms with E-state index in [1.165, 1.54) is 0 Å². The molecule has 1 atom stereocenters. The fourth-order valence-electron chi connectivity index (χ4n) is 2.59. The van der Waals surface area contributed by atoms with Crippen molar-refractivity contribution in [3.05, 3.63) is 35.6 Å². The smallest absolute Gasteiger partial charge is 0.232 e. The average molecular weight is 302 g/mol. The van der Waals surface area contributed by atoms with Crippen molar-refractivity contribution >= 4 is 5.91 Å². The predicted octanol–water partition coefficient (Wildman–Crippen LogP) is 1.30. The molecule has 0 bridgehead atoms. The summed E-state index contributed by atoms with van der Waals surface area (Å²) in [5.74, 6) is 1.27.